The summed E-state index contributed by atoms with van der Waals surface area (Å²) in [4.78, 5) is 9.53. The van der Waals surface area contributed by atoms with E-state index in [4.69, 9.17) is 10.7 Å². The standard InChI is InChI=1S/C21H23N5O2S/c22-20-19-18(24-21(16-5-4-6-16)26(19)14-11-23-20)15-9-12-25(13-10-15)29(27,28)17-7-2-1-3-8-17/h1-3,7-9,11,14,16H,4-6,10,12-13H2,(H2,22,23). The lowest BCUT2D eigenvalue weighted by Crippen LogP contribution is -2.34. The maximum absolute atomic E-state index is 12.9. The quantitative estimate of drug-likeness (QED) is 0.715. The van der Waals surface area contributed by atoms with Gasteiger partial charge in [-0.3, -0.25) is 4.40 Å². The van der Waals surface area contributed by atoms with E-state index in [0.717, 1.165) is 35.4 Å². The number of benzene rings is 1. The van der Waals surface area contributed by atoms with Crippen molar-refractivity contribution >= 4 is 26.9 Å². The molecule has 0 amide bonds. The lowest BCUT2D eigenvalue weighted by Gasteiger charge is -2.25. The molecule has 1 aromatic carbocycles. The third-order valence-electron chi connectivity index (χ3n) is 5.94. The number of nitrogens with two attached hydrogens (primary N) is 1. The van der Waals surface area contributed by atoms with Crippen LogP contribution in [-0.2, 0) is 10.0 Å². The molecule has 2 aromatic heterocycles. The number of hydrogen-bond acceptors (Lipinski definition) is 5. The average molecular weight is 410 g/mol. The van der Waals surface area contributed by atoms with Crippen LogP contribution in [-0.4, -0.2) is 40.2 Å². The van der Waals surface area contributed by atoms with Gasteiger partial charge in [-0.25, -0.2) is 18.4 Å². The zero-order chi connectivity index (χ0) is 20.0. The summed E-state index contributed by atoms with van der Waals surface area (Å²) in [6.45, 7) is 0.742. The van der Waals surface area contributed by atoms with Gasteiger partial charge in [0.15, 0.2) is 0 Å². The van der Waals surface area contributed by atoms with Gasteiger partial charge in [0, 0.05) is 31.4 Å². The highest BCUT2D eigenvalue weighted by Gasteiger charge is 2.30. The van der Waals surface area contributed by atoms with Gasteiger partial charge in [0.25, 0.3) is 0 Å². The van der Waals surface area contributed by atoms with Crippen molar-refractivity contribution in [2.75, 3.05) is 18.8 Å². The molecule has 0 bridgehead atoms. The molecule has 1 aliphatic heterocycles. The number of nitrogen functional groups attached to an aromatic ring is 1. The zero-order valence-electron chi connectivity index (χ0n) is 16.0. The minimum atomic E-state index is -3.50. The predicted octanol–water partition coefficient (Wildman–Crippen LogP) is 3.06. The van der Waals surface area contributed by atoms with Crippen LogP contribution in [0.3, 0.4) is 0 Å². The van der Waals surface area contributed by atoms with Crippen molar-refractivity contribution in [1.82, 2.24) is 18.7 Å². The molecule has 0 atom stereocenters. The van der Waals surface area contributed by atoms with Crippen molar-refractivity contribution in [1.29, 1.82) is 0 Å². The van der Waals surface area contributed by atoms with Crippen molar-refractivity contribution in [2.24, 2.45) is 0 Å². The lowest BCUT2D eigenvalue weighted by atomic mass is 9.85. The first-order valence-electron chi connectivity index (χ1n) is 9.93. The van der Waals surface area contributed by atoms with Crippen molar-refractivity contribution in [3.05, 3.63) is 60.3 Å². The van der Waals surface area contributed by atoms with Crippen molar-refractivity contribution in [2.45, 2.75) is 36.5 Å². The topological polar surface area (TPSA) is 93.6 Å². The maximum Gasteiger partial charge on any atom is 0.243 e. The highest BCUT2D eigenvalue weighted by molar-refractivity contribution is 7.89. The normalized spacial score (nSPS) is 18.6. The number of rotatable bonds is 4. The second-order valence-electron chi connectivity index (χ2n) is 7.63. The smallest absolute Gasteiger partial charge is 0.243 e. The minimum absolute atomic E-state index is 0.324. The lowest BCUT2D eigenvalue weighted by molar-refractivity contribution is 0.400. The van der Waals surface area contributed by atoms with E-state index in [1.165, 1.54) is 10.7 Å². The summed E-state index contributed by atoms with van der Waals surface area (Å²) in [7, 11) is -3.50. The Balaban J connectivity index is 1.50. The first kappa shape index (κ1) is 18.3. The van der Waals surface area contributed by atoms with Crippen LogP contribution in [0.15, 0.2) is 53.7 Å². The fourth-order valence-electron chi connectivity index (χ4n) is 4.09. The van der Waals surface area contributed by atoms with Gasteiger partial charge in [-0.2, -0.15) is 4.31 Å². The van der Waals surface area contributed by atoms with Crippen LogP contribution in [0, 0.1) is 0 Å². The molecule has 3 aromatic rings. The minimum Gasteiger partial charge on any atom is -0.382 e. The molecule has 0 spiro atoms. The van der Waals surface area contributed by atoms with Gasteiger partial charge in [0.05, 0.1) is 10.6 Å². The van der Waals surface area contributed by atoms with E-state index in [1.807, 2.05) is 18.3 Å². The van der Waals surface area contributed by atoms with Crippen LogP contribution in [0.4, 0.5) is 5.82 Å². The third-order valence-corrected chi connectivity index (χ3v) is 7.82. The number of anilines is 1. The molecular formula is C21H23N5O2S. The van der Waals surface area contributed by atoms with Crippen molar-refractivity contribution < 1.29 is 8.42 Å². The average Bonchev–Trinajstić information content (AvgIpc) is 3.08. The first-order valence-corrected chi connectivity index (χ1v) is 11.4. The monoisotopic (exact) mass is 409 g/mol. The van der Waals surface area contributed by atoms with Crippen LogP contribution in [0.1, 0.15) is 43.1 Å². The first-order chi connectivity index (χ1) is 14.1. The Kier molecular flexibility index (Phi) is 4.40. The molecule has 7 nitrogen and oxygen atoms in total. The molecule has 1 fully saturated rings. The zero-order valence-corrected chi connectivity index (χ0v) is 16.8. The van der Waals surface area contributed by atoms with E-state index in [1.54, 1.807) is 30.5 Å². The molecule has 0 saturated heterocycles. The van der Waals surface area contributed by atoms with Crippen molar-refractivity contribution in [3.8, 4) is 0 Å². The van der Waals surface area contributed by atoms with Crippen LogP contribution in [0.5, 0.6) is 0 Å². The highest BCUT2D eigenvalue weighted by Crippen LogP contribution is 2.39. The third kappa shape index (κ3) is 3.03. The number of imidazole rings is 1. The van der Waals surface area contributed by atoms with Crippen LogP contribution >= 0.6 is 0 Å². The molecule has 0 unspecified atom stereocenters. The summed E-state index contributed by atoms with van der Waals surface area (Å²) in [6.07, 6.45) is 9.70. The summed E-state index contributed by atoms with van der Waals surface area (Å²) in [5, 5.41) is 0. The van der Waals surface area contributed by atoms with E-state index < -0.39 is 10.0 Å². The molecule has 5 rings (SSSR count). The summed E-state index contributed by atoms with van der Waals surface area (Å²) >= 11 is 0. The van der Waals surface area contributed by atoms with Gasteiger partial charge >= 0.3 is 0 Å². The summed E-state index contributed by atoms with van der Waals surface area (Å²) in [5.41, 5.74) is 8.91. The van der Waals surface area contributed by atoms with Gasteiger partial charge in [0.2, 0.25) is 10.0 Å². The predicted molar refractivity (Wildman–Crippen MR) is 112 cm³/mol. The molecule has 2 aliphatic rings. The van der Waals surface area contributed by atoms with Gasteiger partial charge in [-0.1, -0.05) is 30.7 Å². The second kappa shape index (κ2) is 6.96. The van der Waals surface area contributed by atoms with Crippen LogP contribution in [0.25, 0.3) is 11.1 Å². The van der Waals surface area contributed by atoms with Crippen LogP contribution < -0.4 is 5.73 Å². The largest absolute Gasteiger partial charge is 0.382 e. The highest BCUT2D eigenvalue weighted by atomic mass is 32.2. The maximum atomic E-state index is 12.9. The number of hydrogen-bond donors (Lipinski definition) is 1. The van der Waals surface area contributed by atoms with E-state index in [9.17, 15) is 8.42 Å². The molecule has 0 radical (unpaired) electrons. The molecule has 8 heteroatoms. The molecule has 1 saturated carbocycles. The molecule has 1 aliphatic carbocycles. The SMILES string of the molecule is Nc1nccn2c(C3CCC3)nc(C3=CCN(S(=O)(=O)c4ccccc4)CC3)c12. The Morgan fingerprint density at radius 3 is 2.59 bits per heavy atom. The molecule has 29 heavy (non-hydrogen) atoms. The van der Waals surface area contributed by atoms with E-state index >= 15 is 0 Å². The molecule has 150 valence electrons. The van der Waals surface area contributed by atoms with E-state index in [2.05, 4.69) is 9.38 Å². The Morgan fingerprint density at radius 2 is 1.93 bits per heavy atom. The van der Waals surface area contributed by atoms with Crippen molar-refractivity contribution in [3.63, 3.8) is 0 Å². The number of sulfonamides is 1. The second-order valence-corrected chi connectivity index (χ2v) is 9.57. The Bertz CT molecular complexity index is 1200. The molecular weight excluding hydrogens is 386 g/mol. The fourth-order valence-corrected chi connectivity index (χ4v) is 5.49. The Labute approximate surface area is 169 Å². The van der Waals surface area contributed by atoms with E-state index in [0.29, 0.717) is 36.1 Å². The fraction of sp³-hybridized carbons (Fsp3) is 0.333. The number of aromatic nitrogens is 3. The number of fused-ring (bicyclic) bond motifs is 1. The van der Waals surface area contributed by atoms with Gasteiger partial charge in [-0.15, -0.1) is 0 Å². The number of nitrogens with zero attached hydrogens (tertiary/aromatic N) is 4. The Morgan fingerprint density at radius 1 is 1.14 bits per heavy atom. The van der Waals surface area contributed by atoms with Gasteiger partial charge in [0.1, 0.15) is 17.2 Å². The molecule has 2 N–H and O–H groups in total. The van der Waals surface area contributed by atoms with Gasteiger partial charge in [-0.05, 0) is 37.0 Å². The molecule has 3 heterocycles. The summed E-state index contributed by atoms with van der Waals surface area (Å²) < 4.78 is 29.3. The van der Waals surface area contributed by atoms with Crippen LogP contribution in [0.2, 0.25) is 0 Å². The van der Waals surface area contributed by atoms with E-state index in [-0.39, 0.29) is 0 Å². The van der Waals surface area contributed by atoms with Gasteiger partial charge < -0.3 is 5.73 Å². The summed E-state index contributed by atoms with van der Waals surface area (Å²) in [6, 6.07) is 8.57. The summed E-state index contributed by atoms with van der Waals surface area (Å²) in [5.74, 6) is 1.95. The Hall–Kier alpha value is -2.71.